The van der Waals surface area contributed by atoms with Gasteiger partial charge in [0.2, 0.25) is 0 Å². The fourth-order valence-corrected chi connectivity index (χ4v) is 9.69. The van der Waals surface area contributed by atoms with Crippen LogP contribution in [-0.4, -0.2) is 120 Å². The van der Waals surface area contributed by atoms with Crippen molar-refractivity contribution in [1.29, 1.82) is 0 Å². The van der Waals surface area contributed by atoms with Crippen molar-refractivity contribution in [3.8, 4) is 46.0 Å². The van der Waals surface area contributed by atoms with E-state index >= 15 is 0 Å². The first-order valence-electron chi connectivity index (χ1n) is 24.2. The van der Waals surface area contributed by atoms with E-state index in [1.165, 1.54) is 134 Å². The van der Waals surface area contributed by atoms with Crippen LogP contribution in [0.3, 0.4) is 0 Å². The summed E-state index contributed by atoms with van der Waals surface area (Å²) in [7, 11) is 16.7. The Balaban J connectivity index is 0.00000860. The van der Waals surface area contributed by atoms with Crippen LogP contribution in [0.2, 0.25) is 0 Å². The van der Waals surface area contributed by atoms with Gasteiger partial charge in [-0.2, -0.15) is 0 Å². The SMILES string of the molecule is COC(=O)c1cc(OC)c(C2=C3C=CC(=N3)C(c3c(OC)cc(C(=O)OC)cc3OC)=C3C=CC(=N3)C(=c3c(OC)cc(=C([O-])OC)cc3OC)c3ccc([n-]3)C(c3c(OC)cc(C(=O)OC)cc3OC)=C3C=CC2=N3)c(OC)c1.[Zn+2]. The van der Waals surface area contributed by atoms with E-state index in [4.69, 9.17) is 76.8 Å². The van der Waals surface area contributed by atoms with Gasteiger partial charge in [-0.15, -0.1) is 11.4 Å². The van der Waals surface area contributed by atoms with Gasteiger partial charge in [0, 0.05) is 27.5 Å². The second-order valence-corrected chi connectivity index (χ2v) is 17.4. The van der Waals surface area contributed by atoms with Gasteiger partial charge in [-0.25, -0.2) is 29.4 Å². The maximum atomic E-state index is 13.1. The molecular formula is C60H52N4O16Zn. The molecule has 9 rings (SSSR count). The molecule has 0 aliphatic carbocycles. The molecule has 0 saturated carbocycles. The van der Waals surface area contributed by atoms with Crippen molar-refractivity contribution < 1.29 is 95.8 Å². The molecule has 81 heavy (non-hydrogen) atoms. The molecule has 8 bridgehead atoms. The molecule has 0 amide bonds. The average Bonchev–Trinajstić information content (AvgIpc) is 4.48. The molecule has 4 aliphatic heterocycles. The van der Waals surface area contributed by atoms with Crippen LogP contribution >= 0.6 is 0 Å². The van der Waals surface area contributed by atoms with Gasteiger partial charge >= 0.3 is 37.4 Å². The Kier molecular flexibility index (Phi) is 17.2. The minimum atomic E-state index is -0.641. The summed E-state index contributed by atoms with van der Waals surface area (Å²) in [5, 5.41) is 13.6. The number of esters is 3. The van der Waals surface area contributed by atoms with Crippen molar-refractivity contribution in [3.05, 3.63) is 169 Å². The zero-order valence-corrected chi connectivity index (χ0v) is 49.2. The first-order valence-corrected chi connectivity index (χ1v) is 24.2. The van der Waals surface area contributed by atoms with Crippen molar-refractivity contribution in [2.45, 2.75) is 0 Å². The molecule has 1 aromatic heterocycles. The summed E-state index contributed by atoms with van der Waals surface area (Å²) < 4.78 is 68.9. The Morgan fingerprint density at radius 3 is 0.988 bits per heavy atom. The third kappa shape index (κ3) is 10.3. The van der Waals surface area contributed by atoms with E-state index in [1.54, 1.807) is 48.6 Å². The molecule has 0 N–H and O–H groups in total. The second-order valence-electron chi connectivity index (χ2n) is 17.4. The Hall–Kier alpha value is -9.62. The van der Waals surface area contributed by atoms with E-state index in [9.17, 15) is 19.5 Å². The van der Waals surface area contributed by atoms with E-state index in [2.05, 4.69) is 0 Å². The van der Waals surface area contributed by atoms with Crippen LogP contribution in [0.1, 0.15) is 59.2 Å². The molecule has 5 heterocycles. The first-order chi connectivity index (χ1) is 38.8. The second kappa shape index (κ2) is 24.2. The third-order valence-electron chi connectivity index (χ3n) is 13.3. The molecule has 4 aliphatic rings. The van der Waals surface area contributed by atoms with Crippen molar-refractivity contribution in [2.24, 2.45) is 15.0 Å². The molecule has 4 aromatic carbocycles. The van der Waals surface area contributed by atoms with E-state index in [0.29, 0.717) is 89.8 Å². The molecule has 0 atom stereocenters. The van der Waals surface area contributed by atoms with Gasteiger partial charge in [-0.1, -0.05) is 12.1 Å². The molecule has 21 heteroatoms. The standard InChI is InChI=1S/C60H54N4O16.Zn/c1-69-41-21-29(57(65)77-9)22-42(70-2)53(41)49-33-13-15-35(61-33)50(54-43(71-3)23-30(58(66)78-10)24-44(54)72-4)37-17-19-39(63-37)52(56-47(75-7)27-32(60(68)80-12)28-48(56)76-8)40-20-18-38(64-40)51(36-16-14-34(49)62-36)55-45(73-5)25-31(59(67)79-11)26-46(55)74-6;/h13-28H,1-12H3,(H2,61,62,63,64,65,66,67,68);/q;+2/p-2. The number of aromatic nitrogens is 1. The number of hydrogen-bond acceptors (Lipinski definition) is 19. The Bertz CT molecular complexity index is 3780. The van der Waals surface area contributed by atoms with Gasteiger partial charge in [0.15, 0.2) is 0 Å². The maximum Gasteiger partial charge on any atom is 2.00 e. The zero-order valence-electron chi connectivity index (χ0n) is 46.3. The van der Waals surface area contributed by atoms with Gasteiger partial charge < -0.3 is 66.9 Å². The smallest absolute Gasteiger partial charge is 0.657 e. The van der Waals surface area contributed by atoms with Crippen LogP contribution in [0.5, 0.6) is 46.0 Å². The number of nitrogens with zero attached hydrogens (tertiary/aromatic N) is 4. The normalized spacial score (nSPS) is 13.9. The number of methoxy groups -OCH3 is 12. The number of fused-ring (bicyclic) bond motifs is 5. The number of ether oxygens (including phenoxy) is 12. The van der Waals surface area contributed by atoms with Gasteiger partial charge in [-0.05, 0) is 92.1 Å². The molecule has 0 fully saturated rings. The van der Waals surface area contributed by atoms with Crippen LogP contribution < -0.4 is 58.4 Å². The molecule has 5 aromatic rings. The fraction of sp³-hybridized carbons (Fsp3) is 0.200. The molecule has 0 saturated heterocycles. The molecular weight excluding hydrogens is 1100 g/mol. The number of rotatable bonds is 15. The first kappa shape index (κ1) is 57.6. The van der Waals surface area contributed by atoms with Crippen molar-refractivity contribution in [1.82, 2.24) is 4.98 Å². The number of aliphatic imine (C=N–C) groups is 3. The number of allylic oxidation sites excluding steroid dienone is 8. The summed E-state index contributed by atoms with van der Waals surface area (Å²) in [6.07, 6.45) is 10.7. The summed E-state index contributed by atoms with van der Waals surface area (Å²) in [4.78, 5) is 60.8. The number of benzene rings is 4. The summed E-state index contributed by atoms with van der Waals surface area (Å²) in [6, 6.07) is 15.8. The topological polar surface area (TPSA) is 236 Å². The van der Waals surface area contributed by atoms with E-state index < -0.39 is 23.9 Å². The number of carbonyl (C=O) groups is 3. The molecule has 0 unspecified atom stereocenters. The molecule has 0 spiro atoms. The van der Waals surface area contributed by atoms with Gasteiger partial charge in [0.25, 0.3) is 0 Å². The molecule has 0 radical (unpaired) electrons. The monoisotopic (exact) mass is 1150 g/mol. The van der Waals surface area contributed by atoms with E-state index in [-0.39, 0.29) is 87.4 Å². The number of carbonyl (C=O) groups excluding carboxylic acids is 3. The summed E-state index contributed by atoms with van der Waals surface area (Å²) in [5.41, 5.74) is 5.77. The summed E-state index contributed by atoms with van der Waals surface area (Å²) >= 11 is 0. The van der Waals surface area contributed by atoms with Crippen LogP contribution in [0, 0.1) is 0 Å². The van der Waals surface area contributed by atoms with Gasteiger partial charge in [-0.3, -0.25) is 0 Å². The molecule has 410 valence electrons. The molecule has 20 nitrogen and oxygen atoms in total. The Labute approximate surface area is 477 Å². The van der Waals surface area contributed by atoms with Crippen LogP contribution in [0.15, 0.2) is 129 Å². The van der Waals surface area contributed by atoms with Crippen LogP contribution in [0.4, 0.5) is 0 Å². The predicted octanol–water partition coefficient (Wildman–Crippen LogP) is 5.97. The van der Waals surface area contributed by atoms with E-state index in [1.807, 2.05) is 0 Å². The zero-order chi connectivity index (χ0) is 57.1. The summed E-state index contributed by atoms with van der Waals surface area (Å²) in [5.74, 6) is -0.909. The largest absolute Gasteiger partial charge is 2.00 e. The van der Waals surface area contributed by atoms with Crippen molar-refractivity contribution >= 4 is 63.3 Å². The third-order valence-corrected chi connectivity index (χ3v) is 13.3. The van der Waals surface area contributed by atoms with E-state index in [0.717, 1.165) is 0 Å². The predicted molar refractivity (Wildman–Crippen MR) is 294 cm³/mol. The fourth-order valence-electron chi connectivity index (χ4n) is 9.69. The quantitative estimate of drug-likeness (QED) is 0.0667. The van der Waals surface area contributed by atoms with Gasteiger partial charge in [0.05, 0.1) is 157 Å². The Morgan fingerprint density at radius 1 is 0.383 bits per heavy atom. The van der Waals surface area contributed by atoms with Crippen molar-refractivity contribution in [3.63, 3.8) is 0 Å². The maximum absolute atomic E-state index is 13.1. The van der Waals surface area contributed by atoms with Crippen LogP contribution in [0.25, 0.3) is 28.2 Å². The van der Waals surface area contributed by atoms with Gasteiger partial charge in [0.1, 0.15) is 46.0 Å². The minimum absolute atomic E-state index is 0. The minimum Gasteiger partial charge on any atom is -0.657 e. The van der Waals surface area contributed by atoms with Crippen molar-refractivity contribution in [2.75, 3.05) is 85.3 Å². The summed E-state index contributed by atoms with van der Waals surface area (Å²) in [6.45, 7) is 0. The average molecular weight is 1150 g/mol. The number of hydrogen-bond donors (Lipinski definition) is 0. The Morgan fingerprint density at radius 2 is 0.679 bits per heavy atom. The van der Waals surface area contributed by atoms with Crippen LogP contribution in [-0.2, 0) is 38.4 Å².